The molecule has 4 rings (SSSR count). The third-order valence-electron chi connectivity index (χ3n) is 10.5. The van der Waals surface area contributed by atoms with E-state index in [1.165, 1.54) is 57.8 Å². The van der Waals surface area contributed by atoms with Crippen LogP contribution in [0.3, 0.4) is 0 Å². The second-order valence-corrected chi connectivity index (χ2v) is 11.8. The highest BCUT2D eigenvalue weighted by Crippen LogP contribution is 2.67. The van der Waals surface area contributed by atoms with Crippen LogP contribution in [0.15, 0.2) is 11.6 Å². The maximum Gasteiger partial charge on any atom is 0.122 e. The molecule has 0 aromatic heterocycles. The van der Waals surface area contributed by atoms with Crippen molar-refractivity contribution >= 4 is 6.29 Å². The van der Waals surface area contributed by atoms with Crippen LogP contribution in [0.2, 0.25) is 0 Å². The van der Waals surface area contributed by atoms with Crippen LogP contribution < -0.4 is 0 Å². The smallest absolute Gasteiger partial charge is 0.122 e. The average molecular weight is 401 g/mol. The van der Waals surface area contributed by atoms with Gasteiger partial charge in [0.25, 0.3) is 0 Å². The van der Waals surface area contributed by atoms with Crippen molar-refractivity contribution in [2.45, 2.75) is 104 Å². The highest BCUT2D eigenvalue weighted by molar-refractivity contribution is 5.52. The topological polar surface area (TPSA) is 37.3 Å². The van der Waals surface area contributed by atoms with Gasteiger partial charge in [0.05, 0.1) is 6.10 Å². The first-order valence-electron chi connectivity index (χ1n) is 12.6. The van der Waals surface area contributed by atoms with Crippen LogP contribution in [0.5, 0.6) is 0 Å². The summed E-state index contributed by atoms with van der Waals surface area (Å²) in [5.74, 6) is 3.66. The lowest BCUT2D eigenvalue weighted by Crippen LogP contribution is -2.50. The van der Waals surface area contributed by atoms with Crippen molar-refractivity contribution in [2.75, 3.05) is 0 Å². The number of carbonyl (C=O) groups is 1. The first-order valence-corrected chi connectivity index (χ1v) is 12.6. The Labute approximate surface area is 178 Å². The van der Waals surface area contributed by atoms with Gasteiger partial charge in [-0.2, -0.15) is 0 Å². The van der Waals surface area contributed by atoms with Crippen LogP contribution in [0.1, 0.15) is 98.3 Å². The highest BCUT2D eigenvalue weighted by Gasteiger charge is 2.59. The van der Waals surface area contributed by atoms with E-state index in [9.17, 15) is 9.90 Å². The SMILES string of the molecule is CC(C=O)CC[C@@H](O)[C@@H](C)[C@H]1CC[C@H]2[C@@H]3CC=C4CCCC[C@]4(C)[C@H]3CC[C@]12C. The van der Waals surface area contributed by atoms with Crippen LogP contribution >= 0.6 is 0 Å². The number of hydrogen-bond acceptors (Lipinski definition) is 2. The number of allylic oxidation sites excluding steroid dienone is 2. The predicted molar refractivity (Wildman–Crippen MR) is 119 cm³/mol. The maximum absolute atomic E-state index is 11.0. The van der Waals surface area contributed by atoms with Gasteiger partial charge in [-0.25, -0.2) is 0 Å². The van der Waals surface area contributed by atoms with Crippen LogP contribution in [-0.4, -0.2) is 17.5 Å². The largest absolute Gasteiger partial charge is 0.393 e. The molecule has 0 radical (unpaired) electrons. The quantitative estimate of drug-likeness (QED) is 0.404. The van der Waals surface area contributed by atoms with E-state index < -0.39 is 0 Å². The predicted octanol–water partition coefficient (Wildman–Crippen LogP) is 6.57. The molecule has 0 saturated heterocycles. The summed E-state index contributed by atoms with van der Waals surface area (Å²) in [5, 5.41) is 10.9. The molecule has 0 heterocycles. The molecule has 3 saturated carbocycles. The summed E-state index contributed by atoms with van der Waals surface area (Å²) in [6.07, 6.45) is 17.3. The summed E-state index contributed by atoms with van der Waals surface area (Å²) in [7, 11) is 0. The normalized spacial score (nSPS) is 44.7. The molecular formula is C27H44O2. The molecule has 4 aliphatic rings. The lowest BCUT2D eigenvalue weighted by atomic mass is 9.47. The maximum atomic E-state index is 11.0. The lowest BCUT2D eigenvalue weighted by molar-refractivity contribution is -0.111. The second kappa shape index (κ2) is 8.13. The van der Waals surface area contributed by atoms with Crippen LogP contribution in [0, 0.1) is 46.3 Å². The number of rotatable bonds is 6. The Hall–Kier alpha value is -0.630. The Morgan fingerprint density at radius 2 is 1.90 bits per heavy atom. The molecule has 29 heavy (non-hydrogen) atoms. The molecule has 2 heteroatoms. The number of hydrogen-bond donors (Lipinski definition) is 1. The first kappa shape index (κ1) is 21.6. The second-order valence-electron chi connectivity index (χ2n) is 11.8. The average Bonchev–Trinajstić information content (AvgIpc) is 3.07. The molecule has 2 nitrogen and oxygen atoms in total. The molecule has 0 amide bonds. The Balaban J connectivity index is 1.49. The molecule has 1 unspecified atom stereocenters. The number of fused-ring (bicyclic) bond motifs is 5. The Morgan fingerprint density at radius 1 is 1.10 bits per heavy atom. The molecule has 9 atom stereocenters. The molecule has 0 aromatic rings. The molecule has 1 N–H and O–H groups in total. The van der Waals surface area contributed by atoms with E-state index in [2.05, 4.69) is 26.8 Å². The summed E-state index contributed by atoms with van der Waals surface area (Å²) in [6.45, 7) is 9.44. The van der Waals surface area contributed by atoms with E-state index >= 15 is 0 Å². The zero-order chi connectivity index (χ0) is 20.8. The third-order valence-corrected chi connectivity index (χ3v) is 10.5. The van der Waals surface area contributed by atoms with Crippen LogP contribution in [-0.2, 0) is 4.79 Å². The van der Waals surface area contributed by atoms with E-state index in [4.69, 9.17) is 0 Å². The third kappa shape index (κ3) is 3.56. The Kier molecular flexibility index (Phi) is 6.06. The number of carbonyl (C=O) groups excluding carboxylic acids is 1. The minimum atomic E-state index is -0.260. The summed E-state index contributed by atoms with van der Waals surface area (Å²) in [5.41, 5.74) is 2.68. The van der Waals surface area contributed by atoms with Crippen molar-refractivity contribution in [3.8, 4) is 0 Å². The van der Waals surface area contributed by atoms with E-state index in [-0.39, 0.29) is 12.0 Å². The summed E-state index contributed by atoms with van der Waals surface area (Å²) >= 11 is 0. The van der Waals surface area contributed by atoms with Crippen LogP contribution in [0.25, 0.3) is 0 Å². The zero-order valence-electron chi connectivity index (χ0n) is 19.3. The van der Waals surface area contributed by atoms with E-state index in [1.807, 2.05) is 6.92 Å². The monoisotopic (exact) mass is 400 g/mol. The van der Waals surface area contributed by atoms with Gasteiger partial charge in [-0.05, 0) is 105 Å². The van der Waals surface area contributed by atoms with Gasteiger partial charge in [-0.15, -0.1) is 0 Å². The van der Waals surface area contributed by atoms with Crippen molar-refractivity contribution in [2.24, 2.45) is 46.3 Å². The van der Waals surface area contributed by atoms with E-state index in [1.54, 1.807) is 5.57 Å². The Morgan fingerprint density at radius 3 is 2.66 bits per heavy atom. The fourth-order valence-corrected chi connectivity index (χ4v) is 8.64. The highest BCUT2D eigenvalue weighted by atomic mass is 16.3. The van der Waals surface area contributed by atoms with Gasteiger partial charge in [0.1, 0.15) is 6.29 Å². The molecule has 0 aliphatic heterocycles. The molecule has 3 fully saturated rings. The van der Waals surface area contributed by atoms with E-state index in [0.717, 1.165) is 36.9 Å². The zero-order valence-corrected chi connectivity index (χ0v) is 19.3. The van der Waals surface area contributed by atoms with Gasteiger partial charge in [-0.3, -0.25) is 0 Å². The van der Waals surface area contributed by atoms with Crippen LogP contribution in [0.4, 0.5) is 0 Å². The van der Waals surface area contributed by atoms with Gasteiger partial charge in [0.15, 0.2) is 0 Å². The van der Waals surface area contributed by atoms with Gasteiger partial charge in [0.2, 0.25) is 0 Å². The number of aliphatic hydroxyl groups excluding tert-OH is 1. The first-order chi connectivity index (χ1) is 13.8. The minimum Gasteiger partial charge on any atom is -0.393 e. The van der Waals surface area contributed by atoms with Crippen molar-refractivity contribution in [1.82, 2.24) is 0 Å². The fourth-order valence-electron chi connectivity index (χ4n) is 8.64. The van der Waals surface area contributed by atoms with E-state index in [0.29, 0.717) is 22.7 Å². The molecule has 4 aliphatic carbocycles. The van der Waals surface area contributed by atoms with Crippen molar-refractivity contribution in [3.05, 3.63) is 11.6 Å². The van der Waals surface area contributed by atoms with Gasteiger partial charge < -0.3 is 9.90 Å². The van der Waals surface area contributed by atoms with Crippen molar-refractivity contribution in [1.29, 1.82) is 0 Å². The molecule has 0 aromatic carbocycles. The fraction of sp³-hybridized carbons (Fsp3) is 0.889. The van der Waals surface area contributed by atoms with Gasteiger partial charge in [0, 0.05) is 5.92 Å². The molecule has 0 spiro atoms. The summed E-state index contributed by atoms with van der Waals surface area (Å²) in [4.78, 5) is 11.0. The van der Waals surface area contributed by atoms with Crippen molar-refractivity contribution < 1.29 is 9.90 Å². The molecule has 0 bridgehead atoms. The molecular weight excluding hydrogens is 356 g/mol. The minimum absolute atomic E-state index is 0.0682. The Bertz CT molecular complexity index is 638. The van der Waals surface area contributed by atoms with Gasteiger partial charge in [-0.1, -0.05) is 45.8 Å². The molecule has 164 valence electrons. The standard InChI is InChI=1S/C27H44O2/c1-18(17-28)8-13-25(29)19(2)22-11-12-23-21-10-9-20-7-5-6-15-26(20,3)24(21)14-16-27(22,23)4/h9,17-19,21-25,29H,5-8,10-16H2,1-4H3/t18?,19-,21-,22+,23-,24-,25+,26-,27+/m0/s1. The lowest BCUT2D eigenvalue weighted by Gasteiger charge is -2.58. The van der Waals surface area contributed by atoms with Crippen molar-refractivity contribution in [3.63, 3.8) is 0 Å². The summed E-state index contributed by atoms with van der Waals surface area (Å²) in [6, 6.07) is 0. The number of aldehydes is 1. The van der Waals surface area contributed by atoms with Gasteiger partial charge >= 0.3 is 0 Å². The summed E-state index contributed by atoms with van der Waals surface area (Å²) < 4.78 is 0. The number of aliphatic hydroxyl groups is 1.